The second kappa shape index (κ2) is 10.0. The van der Waals surface area contributed by atoms with Crippen molar-refractivity contribution in [2.24, 2.45) is 11.1 Å². The molecule has 0 spiro atoms. The molecule has 0 aliphatic carbocycles. The fourth-order valence-corrected chi connectivity index (χ4v) is 3.77. The molecule has 5 N–H and O–H groups in total. The minimum absolute atomic E-state index is 0.0165. The molecule has 0 aromatic heterocycles. The fourth-order valence-electron chi connectivity index (χ4n) is 3.25. The van der Waals surface area contributed by atoms with Gasteiger partial charge in [-0.1, -0.05) is 52.0 Å². The number of rotatable bonds is 9. The number of anilines is 1. The number of carbonyl (C=O) groups excluding carboxylic acids is 1. The van der Waals surface area contributed by atoms with Gasteiger partial charge in [-0.25, -0.2) is 13.6 Å². The van der Waals surface area contributed by atoms with E-state index in [2.05, 4.69) is 57.3 Å². The molecular formula is C22H32N3O3S+. The van der Waals surface area contributed by atoms with Gasteiger partial charge in [0.2, 0.25) is 10.0 Å². The normalized spacial score (nSPS) is 13.9. The number of nitrogens with one attached hydrogen (secondary N) is 1. The van der Waals surface area contributed by atoms with Gasteiger partial charge in [0.1, 0.15) is 6.04 Å². The van der Waals surface area contributed by atoms with Crippen molar-refractivity contribution in [2.75, 3.05) is 11.9 Å². The molecule has 29 heavy (non-hydrogen) atoms. The average Bonchev–Trinajstić information content (AvgIpc) is 2.67. The van der Waals surface area contributed by atoms with Crippen LogP contribution >= 0.6 is 0 Å². The van der Waals surface area contributed by atoms with E-state index in [1.807, 2.05) is 5.32 Å². The first-order chi connectivity index (χ1) is 13.6. The Bertz CT molecular complexity index is 907. The van der Waals surface area contributed by atoms with E-state index in [1.54, 1.807) is 0 Å². The predicted octanol–water partition coefficient (Wildman–Crippen LogP) is 2.75. The van der Waals surface area contributed by atoms with Crippen molar-refractivity contribution in [3.05, 3.63) is 59.7 Å². The van der Waals surface area contributed by atoms with Crippen LogP contribution in [0.2, 0.25) is 0 Å². The maximum Gasteiger partial charge on any atom is 0.279 e. The molecule has 2 aromatic carbocycles. The Morgan fingerprint density at radius 3 is 2.03 bits per heavy atom. The molecular weight excluding hydrogens is 386 g/mol. The van der Waals surface area contributed by atoms with Crippen LogP contribution in [-0.2, 0) is 14.8 Å². The highest BCUT2D eigenvalue weighted by atomic mass is 32.2. The van der Waals surface area contributed by atoms with Crippen molar-refractivity contribution >= 4 is 21.6 Å². The van der Waals surface area contributed by atoms with Crippen LogP contribution in [0.5, 0.6) is 0 Å². The molecule has 0 unspecified atom stereocenters. The molecule has 0 fully saturated rings. The van der Waals surface area contributed by atoms with E-state index in [4.69, 9.17) is 5.14 Å². The summed E-state index contributed by atoms with van der Waals surface area (Å²) in [5.41, 5.74) is 3.08. The summed E-state index contributed by atoms with van der Waals surface area (Å²) in [4.78, 5) is 12.4. The van der Waals surface area contributed by atoms with Crippen LogP contribution in [0.15, 0.2) is 53.4 Å². The molecule has 7 heteroatoms. The molecule has 2 aromatic rings. The SMILES string of the molecule is CC[C@H](C)c1ccc([C@H]([NH2+]CC(=O)Nc2ccc(S(N)(=O)=O)cc2)C(C)C)cc1. The molecule has 2 rings (SSSR count). The third-order valence-corrected chi connectivity index (χ3v) is 6.17. The highest BCUT2D eigenvalue weighted by molar-refractivity contribution is 7.89. The lowest BCUT2D eigenvalue weighted by Gasteiger charge is -2.20. The first-order valence-electron chi connectivity index (χ1n) is 9.97. The van der Waals surface area contributed by atoms with Crippen molar-refractivity contribution in [1.82, 2.24) is 0 Å². The summed E-state index contributed by atoms with van der Waals surface area (Å²) in [6.07, 6.45) is 1.11. The van der Waals surface area contributed by atoms with E-state index in [9.17, 15) is 13.2 Å². The van der Waals surface area contributed by atoms with Gasteiger partial charge in [-0.3, -0.25) is 4.79 Å². The largest absolute Gasteiger partial charge is 0.332 e. The number of hydrogen-bond donors (Lipinski definition) is 3. The number of hydrogen-bond acceptors (Lipinski definition) is 3. The molecule has 0 bridgehead atoms. The molecule has 1 amide bonds. The van der Waals surface area contributed by atoms with Crippen molar-refractivity contribution < 1.29 is 18.5 Å². The average molecular weight is 419 g/mol. The second-order valence-electron chi connectivity index (χ2n) is 7.80. The van der Waals surface area contributed by atoms with Crippen LogP contribution in [0, 0.1) is 5.92 Å². The minimum Gasteiger partial charge on any atom is -0.332 e. The lowest BCUT2D eigenvalue weighted by atomic mass is 9.92. The lowest BCUT2D eigenvalue weighted by molar-refractivity contribution is -0.692. The van der Waals surface area contributed by atoms with Gasteiger partial charge in [0, 0.05) is 17.2 Å². The third-order valence-electron chi connectivity index (χ3n) is 5.24. The van der Waals surface area contributed by atoms with Crippen molar-refractivity contribution in [2.45, 2.75) is 51.0 Å². The summed E-state index contributed by atoms with van der Waals surface area (Å²) >= 11 is 0. The van der Waals surface area contributed by atoms with E-state index in [-0.39, 0.29) is 23.4 Å². The number of quaternary nitrogens is 1. The van der Waals surface area contributed by atoms with Gasteiger partial charge < -0.3 is 10.6 Å². The third kappa shape index (κ3) is 6.66. The fraction of sp³-hybridized carbons (Fsp3) is 0.409. The number of benzene rings is 2. The Labute approximate surface area is 173 Å². The smallest absolute Gasteiger partial charge is 0.279 e. The van der Waals surface area contributed by atoms with Gasteiger partial charge in [0.15, 0.2) is 6.54 Å². The summed E-state index contributed by atoms with van der Waals surface area (Å²) in [5, 5.41) is 9.92. The monoisotopic (exact) mass is 418 g/mol. The summed E-state index contributed by atoms with van der Waals surface area (Å²) in [6, 6.07) is 14.7. The Kier molecular flexibility index (Phi) is 7.96. The zero-order chi connectivity index (χ0) is 21.6. The lowest BCUT2D eigenvalue weighted by Crippen LogP contribution is -2.88. The van der Waals surface area contributed by atoms with Gasteiger partial charge in [0.25, 0.3) is 5.91 Å². The molecule has 0 aliphatic rings. The van der Waals surface area contributed by atoms with Gasteiger partial charge in [0.05, 0.1) is 4.90 Å². The predicted molar refractivity (Wildman–Crippen MR) is 116 cm³/mol. The Morgan fingerprint density at radius 2 is 1.55 bits per heavy atom. The van der Waals surface area contributed by atoms with Gasteiger partial charge in [-0.15, -0.1) is 0 Å². The van der Waals surface area contributed by atoms with Crippen molar-refractivity contribution in [3.63, 3.8) is 0 Å². The van der Waals surface area contributed by atoms with Gasteiger partial charge >= 0.3 is 0 Å². The summed E-state index contributed by atoms with van der Waals surface area (Å²) < 4.78 is 22.6. The molecule has 0 saturated carbocycles. The molecule has 158 valence electrons. The van der Waals surface area contributed by atoms with E-state index >= 15 is 0 Å². The first kappa shape index (κ1) is 23.1. The topological polar surface area (TPSA) is 106 Å². The van der Waals surface area contributed by atoms with E-state index in [1.165, 1.54) is 35.4 Å². The molecule has 0 heterocycles. The quantitative estimate of drug-likeness (QED) is 0.583. The zero-order valence-electron chi connectivity index (χ0n) is 17.6. The molecule has 2 atom stereocenters. The maximum atomic E-state index is 12.3. The van der Waals surface area contributed by atoms with Gasteiger partial charge in [-0.2, -0.15) is 0 Å². The number of carbonyl (C=O) groups is 1. The van der Waals surface area contributed by atoms with Crippen LogP contribution in [-0.4, -0.2) is 20.9 Å². The number of amides is 1. The van der Waals surface area contributed by atoms with Crippen LogP contribution in [0.1, 0.15) is 57.2 Å². The second-order valence-corrected chi connectivity index (χ2v) is 9.36. The first-order valence-corrected chi connectivity index (χ1v) is 11.5. The van der Waals surface area contributed by atoms with Crippen LogP contribution in [0.3, 0.4) is 0 Å². The number of nitrogens with two attached hydrogens (primary N) is 2. The molecule has 0 aliphatic heterocycles. The van der Waals surface area contributed by atoms with Crippen LogP contribution in [0.25, 0.3) is 0 Å². The summed E-state index contributed by atoms with van der Waals surface area (Å²) in [5.74, 6) is 0.762. The van der Waals surface area contributed by atoms with E-state index < -0.39 is 10.0 Å². The Balaban J connectivity index is 1.98. The summed E-state index contributed by atoms with van der Waals surface area (Å²) in [6.45, 7) is 8.97. The highest BCUT2D eigenvalue weighted by Crippen LogP contribution is 2.23. The Morgan fingerprint density at radius 1 is 1.00 bits per heavy atom. The molecule has 0 radical (unpaired) electrons. The summed E-state index contributed by atoms with van der Waals surface area (Å²) in [7, 11) is -3.74. The number of sulfonamides is 1. The zero-order valence-corrected chi connectivity index (χ0v) is 18.4. The maximum absolute atomic E-state index is 12.3. The standard InChI is InChI=1S/C22H31N3O3S/c1-5-16(4)17-6-8-18(9-7-17)22(15(2)3)24-14-21(26)25-19-10-12-20(13-11-19)29(23,27)28/h6-13,15-16,22,24H,5,14H2,1-4H3,(H,25,26)(H2,23,27,28)/p+1/t16-,22+/m0/s1. The molecule has 0 saturated heterocycles. The van der Waals surface area contributed by atoms with E-state index in [0.717, 1.165) is 6.42 Å². The highest BCUT2D eigenvalue weighted by Gasteiger charge is 2.21. The van der Waals surface area contributed by atoms with Gasteiger partial charge in [-0.05, 0) is 42.2 Å². The van der Waals surface area contributed by atoms with Crippen LogP contribution < -0.4 is 15.8 Å². The van der Waals surface area contributed by atoms with Crippen molar-refractivity contribution in [1.29, 1.82) is 0 Å². The minimum atomic E-state index is -3.74. The Hall–Kier alpha value is -2.22. The molecule has 6 nitrogen and oxygen atoms in total. The van der Waals surface area contributed by atoms with Crippen LogP contribution in [0.4, 0.5) is 5.69 Å². The van der Waals surface area contributed by atoms with Crippen molar-refractivity contribution in [3.8, 4) is 0 Å². The number of primary sulfonamides is 1. The van der Waals surface area contributed by atoms with E-state index in [0.29, 0.717) is 17.5 Å².